The van der Waals surface area contributed by atoms with Gasteiger partial charge in [0.2, 0.25) is 0 Å². The lowest BCUT2D eigenvalue weighted by molar-refractivity contribution is -0.140. The molecule has 106 valence electrons. The molecule has 1 heterocycles. The average Bonchev–Trinajstić information content (AvgIpc) is 2.65. The van der Waals surface area contributed by atoms with E-state index in [1.54, 1.807) is 13.8 Å². The van der Waals surface area contributed by atoms with Gasteiger partial charge in [0.05, 0.1) is 16.6 Å². The molecule has 2 N–H and O–H groups in total. The van der Waals surface area contributed by atoms with Gasteiger partial charge in [0.15, 0.2) is 0 Å². The van der Waals surface area contributed by atoms with E-state index in [-0.39, 0.29) is 12.5 Å². The lowest BCUT2D eigenvalue weighted by Gasteiger charge is -2.07. The van der Waals surface area contributed by atoms with Crippen LogP contribution in [0.1, 0.15) is 41.1 Å². The molecule has 0 saturated carbocycles. The summed E-state index contributed by atoms with van der Waals surface area (Å²) in [5, 5.41) is 12.3. The number of aliphatic carboxylic acids is 1. The maximum absolute atomic E-state index is 12.0. The number of nitrogens with zero attached hydrogens (tertiary/aromatic N) is 1. The topological polar surface area (TPSA) is 79.3 Å². The Morgan fingerprint density at radius 3 is 2.53 bits per heavy atom. The van der Waals surface area contributed by atoms with E-state index in [1.807, 2.05) is 0 Å². The van der Waals surface area contributed by atoms with Crippen molar-refractivity contribution in [2.75, 3.05) is 6.54 Å². The van der Waals surface area contributed by atoms with Gasteiger partial charge in [-0.3, -0.25) is 9.59 Å². The zero-order valence-corrected chi connectivity index (χ0v) is 12.5. The van der Waals surface area contributed by atoms with Crippen molar-refractivity contribution in [2.45, 2.75) is 34.1 Å². The molecule has 0 aromatic carbocycles. The number of amides is 1. The van der Waals surface area contributed by atoms with Gasteiger partial charge in [0.1, 0.15) is 4.88 Å². The monoisotopic (exact) mass is 284 g/mol. The number of hydrogen-bond acceptors (Lipinski definition) is 4. The van der Waals surface area contributed by atoms with Crippen LogP contribution in [0.4, 0.5) is 0 Å². The predicted molar refractivity (Wildman–Crippen MR) is 74.5 cm³/mol. The van der Waals surface area contributed by atoms with Crippen LogP contribution in [-0.4, -0.2) is 28.5 Å². The highest BCUT2D eigenvalue weighted by Gasteiger charge is 2.18. The molecular weight excluding hydrogens is 264 g/mol. The zero-order valence-electron chi connectivity index (χ0n) is 11.7. The molecule has 1 aromatic rings. The number of carboxylic acid groups (broad SMARTS) is 1. The highest BCUT2D eigenvalue weighted by atomic mass is 32.1. The molecule has 0 spiro atoms. The summed E-state index contributed by atoms with van der Waals surface area (Å²) in [6.07, 6.45) is 0.852. The molecule has 6 heteroatoms. The smallest absolute Gasteiger partial charge is 0.308 e. The van der Waals surface area contributed by atoms with E-state index in [9.17, 15) is 9.59 Å². The lowest BCUT2D eigenvalue weighted by Crippen LogP contribution is -2.31. The minimum atomic E-state index is -0.915. The van der Waals surface area contributed by atoms with E-state index in [0.29, 0.717) is 16.5 Å². The molecule has 0 aliphatic rings. The molecular formula is C13H20N2O3S. The van der Waals surface area contributed by atoms with Crippen molar-refractivity contribution in [3.05, 3.63) is 15.6 Å². The number of carbonyl (C=O) groups excluding carboxylic acids is 1. The molecule has 19 heavy (non-hydrogen) atoms. The third kappa shape index (κ3) is 4.63. The van der Waals surface area contributed by atoms with Gasteiger partial charge in [-0.05, 0) is 12.8 Å². The number of aromatic nitrogens is 1. The first kappa shape index (κ1) is 15.6. The van der Waals surface area contributed by atoms with Crippen LogP contribution in [0.15, 0.2) is 0 Å². The van der Waals surface area contributed by atoms with E-state index in [2.05, 4.69) is 24.1 Å². The van der Waals surface area contributed by atoms with Gasteiger partial charge in [-0.15, -0.1) is 11.3 Å². The van der Waals surface area contributed by atoms with E-state index >= 15 is 0 Å². The van der Waals surface area contributed by atoms with Crippen LogP contribution in [0.3, 0.4) is 0 Å². The molecule has 0 bridgehead atoms. The molecule has 0 radical (unpaired) electrons. The summed E-state index contributed by atoms with van der Waals surface area (Å²) >= 11 is 1.39. The Kier molecular flexibility index (Phi) is 5.47. The third-order valence-corrected chi connectivity index (χ3v) is 3.80. The first-order valence-electron chi connectivity index (χ1n) is 6.28. The van der Waals surface area contributed by atoms with E-state index in [4.69, 9.17) is 5.11 Å². The zero-order chi connectivity index (χ0) is 14.6. The number of hydrogen-bond donors (Lipinski definition) is 2. The van der Waals surface area contributed by atoms with Gasteiger partial charge in [-0.2, -0.15) is 0 Å². The fourth-order valence-corrected chi connectivity index (χ4v) is 2.71. The molecule has 1 amide bonds. The first-order chi connectivity index (χ1) is 8.81. The molecule has 0 aliphatic carbocycles. The Morgan fingerprint density at radius 1 is 1.37 bits per heavy atom. The van der Waals surface area contributed by atoms with Crippen LogP contribution < -0.4 is 5.32 Å². The third-order valence-electron chi connectivity index (χ3n) is 2.62. The minimum Gasteiger partial charge on any atom is -0.481 e. The molecule has 1 atom stereocenters. The van der Waals surface area contributed by atoms with Crippen molar-refractivity contribution in [1.82, 2.24) is 10.3 Å². The number of thiazole rings is 1. The van der Waals surface area contributed by atoms with Crippen LogP contribution in [0.2, 0.25) is 0 Å². The Balaban J connectivity index is 2.66. The second-order valence-electron chi connectivity index (χ2n) is 5.07. The quantitative estimate of drug-likeness (QED) is 0.838. The van der Waals surface area contributed by atoms with Gasteiger partial charge in [-0.1, -0.05) is 20.8 Å². The predicted octanol–water partition coefficient (Wildman–Crippen LogP) is 2.10. The minimum absolute atomic E-state index is 0.130. The van der Waals surface area contributed by atoms with Gasteiger partial charge in [-0.25, -0.2) is 4.98 Å². The summed E-state index contributed by atoms with van der Waals surface area (Å²) in [4.78, 5) is 27.6. The molecule has 1 rings (SSSR count). The van der Waals surface area contributed by atoms with Gasteiger partial charge < -0.3 is 10.4 Å². The van der Waals surface area contributed by atoms with Gasteiger partial charge in [0, 0.05) is 13.0 Å². The van der Waals surface area contributed by atoms with Crippen molar-refractivity contribution in [3.63, 3.8) is 0 Å². The summed E-state index contributed by atoms with van der Waals surface area (Å²) in [6.45, 7) is 7.70. The summed E-state index contributed by atoms with van der Waals surface area (Å²) in [6, 6.07) is 0. The van der Waals surface area contributed by atoms with Crippen molar-refractivity contribution < 1.29 is 14.7 Å². The van der Waals surface area contributed by atoms with Crippen LogP contribution in [0.5, 0.6) is 0 Å². The normalized spacial score (nSPS) is 12.5. The van der Waals surface area contributed by atoms with Crippen molar-refractivity contribution in [1.29, 1.82) is 0 Å². The molecule has 0 aliphatic heterocycles. The number of aryl methyl sites for hydroxylation is 1. The lowest BCUT2D eigenvalue weighted by atomic mass is 10.1. The Hall–Kier alpha value is -1.43. The highest BCUT2D eigenvalue weighted by Crippen LogP contribution is 2.20. The Bertz CT molecular complexity index is 468. The number of carboxylic acids is 1. The second kappa shape index (κ2) is 6.65. The first-order valence-corrected chi connectivity index (χ1v) is 7.10. The van der Waals surface area contributed by atoms with Crippen molar-refractivity contribution in [3.8, 4) is 0 Å². The fraction of sp³-hybridized carbons (Fsp3) is 0.615. The maximum atomic E-state index is 12.0. The van der Waals surface area contributed by atoms with Crippen LogP contribution in [-0.2, 0) is 11.2 Å². The van der Waals surface area contributed by atoms with Crippen molar-refractivity contribution >= 4 is 23.2 Å². The SMILES string of the molecule is Cc1nc(CC(C)C)sc1C(=O)NC[C@H](C)C(=O)O. The Labute approximate surface area is 117 Å². The van der Waals surface area contributed by atoms with Gasteiger partial charge in [0.25, 0.3) is 5.91 Å². The molecule has 1 aromatic heterocycles. The van der Waals surface area contributed by atoms with E-state index < -0.39 is 11.9 Å². The average molecular weight is 284 g/mol. The van der Waals surface area contributed by atoms with Crippen LogP contribution >= 0.6 is 11.3 Å². The summed E-state index contributed by atoms with van der Waals surface area (Å²) in [5.41, 5.74) is 0.709. The number of carbonyl (C=O) groups is 2. The number of nitrogens with one attached hydrogen (secondary N) is 1. The summed E-state index contributed by atoms with van der Waals surface area (Å²) in [7, 11) is 0. The largest absolute Gasteiger partial charge is 0.481 e. The van der Waals surface area contributed by atoms with Crippen LogP contribution in [0, 0.1) is 18.8 Å². The fourth-order valence-electron chi connectivity index (χ4n) is 1.51. The molecule has 0 saturated heterocycles. The molecule has 0 unspecified atom stereocenters. The van der Waals surface area contributed by atoms with E-state index in [0.717, 1.165) is 11.4 Å². The maximum Gasteiger partial charge on any atom is 0.308 e. The second-order valence-corrected chi connectivity index (χ2v) is 6.15. The van der Waals surface area contributed by atoms with Crippen LogP contribution in [0.25, 0.3) is 0 Å². The molecule has 5 nitrogen and oxygen atoms in total. The molecule has 0 fully saturated rings. The standard InChI is InChI=1S/C13H20N2O3S/c1-7(2)5-10-15-9(4)11(19-10)12(16)14-6-8(3)13(17)18/h7-8H,5-6H2,1-4H3,(H,14,16)(H,17,18)/t8-/m0/s1. The van der Waals surface area contributed by atoms with E-state index in [1.165, 1.54) is 11.3 Å². The summed E-state index contributed by atoms with van der Waals surface area (Å²) < 4.78 is 0. The van der Waals surface area contributed by atoms with Crippen molar-refractivity contribution in [2.24, 2.45) is 11.8 Å². The highest BCUT2D eigenvalue weighted by molar-refractivity contribution is 7.13. The van der Waals surface area contributed by atoms with Gasteiger partial charge >= 0.3 is 5.97 Å². The Morgan fingerprint density at radius 2 is 2.00 bits per heavy atom. The number of rotatable bonds is 6. The summed E-state index contributed by atoms with van der Waals surface area (Å²) in [5.74, 6) is -1.25.